The van der Waals surface area contributed by atoms with Crippen LogP contribution in [0.3, 0.4) is 0 Å². The van der Waals surface area contributed by atoms with Crippen LogP contribution in [-0.4, -0.2) is 34.2 Å². The molecule has 0 amide bonds. The number of halogens is 1. The second kappa shape index (κ2) is 5.87. The molecule has 24 heavy (non-hydrogen) atoms. The number of hydrogen-bond donors (Lipinski definition) is 1. The molecule has 0 bridgehead atoms. The van der Waals surface area contributed by atoms with Crippen molar-refractivity contribution in [2.45, 2.75) is 18.5 Å². The molecule has 2 aliphatic rings. The topological polar surface area (TPSA) is 65.3 Å². The van der Waals surface area contributed by atoms with E-state index in [1.807, 2.05) is 23.2 Å². The van der Waals surface area contributed by atoms with Crippen molar-refractivity contribution in [3.63, 3.8) is 0 Å². The predicted octanol–water partition coefficient (Wildman–Crippen LogP) is 3.72. The number of carbonyl (C=O) groups is 1. The van der Waals surface area contributed by atoms with Gasteiger partial charge in [-0.25, -0.2) is 14.8 Å². The number of carboxylic acids is 1. The average molecular weight is 384 g/mol. The predicted molar refractivity (Wildman–Crippen MR) is 97.5 cm³/mol. The van der Waals surface area contributed by atoms with Crippen LogP contribution in [0.1, 0.15) is 18.0 Å². The molecule has 2 aromatic rings. The van der Waals surface area contributed by atoms with Crippen molar-refractivity contribution < 1.29 is 9.90 Å². The van der Waals surface area contributed by atoms with Gasteiger partial charge in [-0.1, -0.05) is 36.4 Å². The van der Waals surface area contributed by atoms with Crippen molar-refractivity contribution in [3.8, 4) is 0 Å². The summed E-state index contributed by atoms with van der Waals surface area (Å²) in [5.41, 5.74) is 1.06. The molecule has 2 atom stereocenters. The van der Waals surface area contributed by atoms with Gasteiger partial charge in [0, 0.05) is 18.8 Å². The maximum absolute atomic E-state index is 11.5. The van der Waals surface area contributed by atoms with Crippen LogP contribution in [0.4, 0.5) is 0 Å². The molecule has 0 saturated heterocycles. The smallest absolute Gasteiger partial charge is 0.328 e. The van der Waals surface area contributed by atoms with Crippen molar-refractivity contribution in [1.29, 1.82) is 0 Å². The lowest BCUT2D eigenvalue weighted by Crippen LogP contribution is -2.40. The quantitative estimate of drug-likeness (QED) is 0.859. The van der Waals surface area contributed by atoms with E-state index >= 15 is 0 Å². The number of benzene rings is 2. The van der Waals surface area contributed by atoms with Crippen LogP contribution in [0, 0.1) is 0 Å². The molecular formula is C18H14BrN3O2. The van der Waals surface area contributed by atoms with Gasteiger partial charge in [0.05, 0.1) is 10.5 Å². The Balaban J connectivity index is 1.80. The Labute approximate surface area is 147 Å². The summed E-state index contributed by atoms with van der Waals surface area (Å²) in [4.78, 5) is 21.9. The normalized spacial score (nSPS) is 22.8. The fraction of sp³-hybridized carbons (Fsp3) is 0.167. The molecule has 2 heterocycles. The SMILES string of the molecule is O=C(O)C1CC(c2ccc3ccccc3c2)N2C=C(Br)C=NC2=N1. The monoisotopic (exact) mass is 383 g/mol. The van der Waals surface area contributed by atoms with Gasteiger partial charge < -0.3 is 10.0 Å². The summed E-state index contributed by atoms with van der Waals surface area (Å²) in [6.45, 7) is 0. The third-order valence-electron chi connectivity index (χ3n) is 4.29. The number of aliphatic imine (C=N–C) groups is 2. The highest BCUT2D eigenvalue weighted by Gasteiger charge is 2.35. The van der Waals surface area contributed by atoms with Crippen molar-refractivity contribution in [2.75, 3.05) is 0 Å². The molecule has 6 heteroatoms. The summed E-state index contributed by atoms with van der Waals surface area (Å²) < 4.78 is 0.834. The van der Waals surface area contributed by atoms with E-state index in [9.17, 15) is 9.90 Å². The third-order valence-corrected chi connectivity index (χ3v) is 4.70. The largest absolute Gasteiger partial charge is 0.480 e. The summed E-state index contributed by atoms with van der Waals surface area (Å²) in [6.07, 6.45) is 3.95. The summed E-state index contributed by atoms with van der Waals surface area (Å²) in [5, 5.41) is 11.7. The van der Waals surface area contributed by atoms with E-state index in [0.717, 1.165) is 20.8 Å². The minimum atomic E-state index is -0.920. The zero-order chi connectivity index (χ0) is 16.7. The molecule has 0 aliphatic carbocycles. The zero-order valence-corrected chi connectivity index (χ0v) is 14.2. The van der Waals surface area contributed by atoms with Crippen LogP contribution in [0.15, 0.2) is 63.1 Å². The number of rotatable bonds is 2. The molecule has 0 radical (unpaired) electrons. The lowest BCUT2D eigenvalue weighted by molar-refractivity contribution is -0.139. The van der Waals surface area contributed by atoms with Crippen molar-refractivity contribution in [2.24, 2.45) is 9.98 Å². The standard InChI is InChI=1S/C18H14BrN3O2/c19-14-9-20-18-21-15(17(23)24)8-16(22(18)10-14)13-6-5-11-3-1-2-4-12(11)7-13/h1-7,9-10,15-16H,8H2,(H,23,24). The molecule has 0 spiro atoms. The first-order chi connectivity index (χ1) is 11.6. The van der Waals surface area contributed by atoms with Crippen LogP contribution >= 0.6 is 15.9 Å². The van der Waals surface area contributed by atoms with E-state index in [1.165, 1.54) is 0 Å². The highest BCUT2D eigenvalue weighted by molar-refractivity contribution is 9.12. The molecule has 2 aromatic carbocycles. The van der Waals surface area contributed by atoms with E-state index in [2.05, 4.69) is 56.2 Å². The number of nitrogens with zero attached hydrogens (tertiary/aromatic N) is 3. The Kier molecular flexibility index (Phi) is 3.69. The minimum Gasteiger partial charge on any atom is -0.480 e. The van der Waals surface area contributed by atoms with Crippen molar-refractivity contribution >= 4 is 44.8 Å². The highest BCUT2D eigenvalue weighted by atomic mass is 79.9. The first-order valence-corrected chi connectivity index (χ1v) is 8.40. The summed E-state index contributed by atoms with van der Waals surface area (Å²) in [6, 6.07) is 13.5. The molecule has 1 N–H and O–H groups in total. The third kappa shape index (κ3) is 2.63. The van der Waals surface area contributed by atoms with Gasteiger partial charge in [0.25, 0.3) is 0 Å². The molecular weight excluding hydrogens is 370 g/mol. The number of fused-ring (bicyclic) bond motifs is 2. The number of carboxylic acid groups (broad SMARTS) is 1. The van der Waals surface area contributed by atoms with Crippen molar-refractivity contribution in [1.82, 2.24) is 4.90 Å². The fourth-order valence-corrected chi connectivity index (χ4v) is 3.45. The van der Waals surface area contributed by atoms with Crippen LogP contribution in [0.2, 0.25) is 0 Å². The van der Waals surface area contributed by atoms with E-state index in [1.54, 1.807) is 6.21 Å². The number of allylic oxidation sites excluding steroid dienone is 1. The van der Waals surface area contributed by atoms with E-state index < -0.39 is 12.0 Å². The maximum Gasteiger partial charge on any atom is 0.328 e. The Hall–Kier alpha value is -2.47. The number of aliphatic carboxylic acids is 1. The minimum absolute atomic E-state index is 0.117. The molecule has 0 saturated carbocycles. The highest BCUT2D eigenvalue weighted by Crippen LogP contribution is 2.35. The fourth-order valence-electron chi connectivity index (χ4n) is 3.12. The van der Waals surface area contributed by atoms with Gasteiger partial charge in [-0.3, -0.25) is 0 Å². The van der Waals surface area contributed by atoms with Gasteiger partial charge in [0.15, 0.2) is 6.04 Å². The first-order valence-electron chi connectivity index (χ1n) is 7.61. The van der Waals surface area contributed by atoms with Crippen LogP contribution in [0.5, 0.6) is 0 Å². The molecule has 5 nitrogen and oxygen atoms in total. The van der Waals surface area contributed by atoms with E-state index in [-0.39, 0.29) is 6.04 Å². The lowest BCUT2D eigenvalue weighted by atomic mass is 9.94. The zero-order valence-electron chi connectivity index (χ0n) is 12.6. The molecule has 120 valence electrons. The number of guanidine groups is 1. The maximum atomic E-state index is 11.5. The Morgan fingerprint density at radius 2 is 2.00 bits per heavy atom. The van der Waals surface area contributed by atoms with Crippen molar-refractivity contribution in [3.05, 3.63) is 58.7 Å². The Morgan fingerprint density at radius 3 is 2.79 bits per heavy atom. The van der Waals surface area contributed by atoms with Crippen LogP contribution < -0.4 is 0 Å². The van der Waals surface area contributed by atoms with Crippen LogP contribution in [-0.2, 0) is 4.79 Å². The molecule has 2 unspecified atom stereocenters. The Bertz CT molecular complexity index is 919. The average Bonchev–Trinajstić information content (AvgIpc) is 2.60. The van der Waals surface area contributed by atoms with Gasteiger partial charge in [-0.15, -0.1) is 0 Å². The summed E-state index contributed by atoms with van der Waals surface area (Å²) in [5.74, 6) is -0.480. The number of hydrogen-bond acceptors (Lipinski definition) is 4. The molecule has 4 rings (SSSR count). The molecule has 0 fully saturated rings. The molecule has 0 aromatic heterocycles. The van der Waals surface area contributed by atoms with E-state index in [0.29, 0.717) is 12.4 Å². The van der Waals surface area contributed by atoms with Crippen LogP contribution in [0.25, 0.3) is 10.8 Å². The summed E-state index contributed by atoms with van der Waals surface area (Å²) >= 11 is 3.43. The van der Waals surface area contributed by atoms with Gasteiger partial charge in [-0.05, 0) is 38.3 Å². The Morgan fingerprint density at radius 1 is 1.21 bits per heavy atom. The van der Waals surface area contributed by atoms with Gasteiger partial charge >= 0.3 is 5.97 Å². The summed E-state index contributed by atoms with van der Waals surface area (Å²) in [7, 11) is 0. The second-order valence-corrected chi connectivity index (χ2v) is 6.74. The first kappa shape index (κ1) is 15.1. The van der Waals surface area contributed by atoms with E-state index in [4.69, 9.17) is 0 Å². The van der Waals surface area contributed by atoms with Gasteiger partial charge in [0.2, 0.25) is 5.96 Å². The lowest BCUT2D eigenvalue weighted by Gasteiger charge is -2.36. The van der Waals surface area contributed by atoms with Gasteiger partial charge in [0.1, 0.15) is 0 Å². The van der Waals surface area contributed by atoms with Gasteiger partial charge in [-0.2, -0.15) is 0 Å². The second-order valence-electron chi connectivity index (χ2n) is 5.82. The molecule has 2 aliphatic heterocycles.